The molecule has 1 aromatic heterocycles. The summed E-state index contributed by atoms with van der Waals surface area (Å²) in [6.45, 7) is 2.51. The molecule has 0 saturated carbocycles. The van der Waals surface area contributed by atoms with Gasteiger partial charge in [0.25, 0.3) is 0 Å². The van der Waals surface area contributed by atoms with Gasteiger partial charge in [-0.05, 0) is 6.72 Å². The molecule has 0 atom stereocenters. The van der Waals surface area contributed by atoms with Gasteiger partial charge in [0.15, 0.2) is 5.70 Å². The van der Waals surface area contributed by atoms with Crippen molar-refractivity contribution < 1.29 is 18.3 Å². The quantitative estimate of drug-likeness (QED) is 0.817. The van der Waals surface area contributed by atoms with Crippen LogP contribution >= 0.6 is 11.6 Å². The van der Waals surface area contributed by atoms with Gasteiger partial charge in [-0.1, -0.05) is 11.6 Å². The van der Waals surface area contributed by atoms with E-state index in [1.54, 1.807) is 0 Å². The van der Waals surface area contributed by atoms with Crippen LogP contribution in [-0.2, 0) is 6.54 Å². The van der Waals surface area contributed by atoms with Crippen LogP contribution in [0.4, 0.5) is 13.2 Å². The number of aromatic nitrogens is 2. The predicted molar refractivity (Wildman–Crippen MR) is 68.2 cm³/mol. The van der Waals surface area contributed by atoms with E-state index in [-0.39, 0.29) is 25.5 Å². The number of allylic oxidation sites excluding steroid dienone is 1. The highest BCUT2D eigenvalue weighted by atomic mass is 35.5. The van der Waals surface area contributed by atoms with Gasteiger partial charge < -0.3 is 10.0 Å². The first-order chi connectivity index (χ1) is 9.36. The van der Waals surface area contributed by atoms with E-state index in [1.807, 2.05) is 0 Å². The highest BCUT2D eigenvalue weighted by Crippen LogP contribution is 2.26. The first kappa shape index (κ1) is 16.4. The monoisotopic (exact) mass is 308 g/mol. The molecule has 1 aromatic rings. The lowest BCUT2D eigenvalue weighted by atomic mass is 10.4. The van der Waals surface area contributed by atoms with Crippen molar-refractivity contribution in [2.24, 2.45) is 4.99 Å². The lowest BCUT2D eigenvalue weighted by molar-refractivity contribution is -0.0935. The molecule has 0 aromatic carbocycles. The zero-order valence-corrected chi connectivity index (χ0v) is 11.1. The van der Waals surface area contributed by atoms with Gasteiger partial charge in [-0.3, -0.25) is 4.99 Å². The van der Waals surface area contributed by atoms with E-state index in [0.717, 1.165) is 6.20 Å². The van der Waals surface area contributed by atoms with Crippen LogP contribution in [-0.4, -0.2) is 46.0 Å². The first-order valence-corrected chi connectivity index (χ1v) is 5.81. The fourth-order valence-corrected chi connectivity index (χ4v) is 1.39. The van der Waals surface area contributed by atoms with Crippen LogP contribution in [0.2, 0.25) is 5.02 Å². The van der Waals surface area contributed by atoms with Crippen molar-refractivity contribution in [1.82, 2.24) is 14.9 Å². The molecule has 20 heavy (non-hydrogen) atoms. The number of hydrogen-bond acceptors (Lipinski definition) is 5. The molecule has 0 fully saturated rings. The molecule has 0 aliphatic rings. The maximum Gasteiger partial charge on any atom is 0.434 e. The van der Waals surface area contributed by atoms with E-state index in [0.29, 0.717) is 5.02 Å². The summed E-state index contributed by atoms with van der Waals surface area (Å²) < 4.78 is 37.7. The van der Waals surface area contributed by atoms with E-state index in [9.17, 15) is 13.2 Å². The Labute approximate surface area is 118 Å². The molecule has 0 spiro atoms. The number of halogens is 4. The summed E-state index contributed by atoms with van der Waals surface area (Å²) in [7, 11) is 0. The second-order valence-electron chi connectivity index (χ2n) is 3.68. The van der Waals surface area contributed by atoms with Crippen molar-refractivity contribution in [1.29, 1.82) is 0 Å². The molecule has 5 nitrogen and oxygen atoms in total. The van der Waals surface area contributed by atoms with Gasteiger partial charge in [-0.2, -0.15) is 13.2 Å². The smallest absolute Gasteiger partial charge is 0.395 e. The van der Waals surface area contributed by atoms with Crippen LogP contribution in [0.1, 0.15) is 5.82 Å². The van der Waals surface area contributed by atoms with Gasteiger partial charge in [0.05, 0.1) is 18.2 Å². The number of nitrogens with zero attached hydrogens (tertiary/aromatic N) is 4. The largest absolute Gasteiger partial charge is 0.434 e. The van der Waals surface area contributed by atoms with Crippen LogP contribution < -0.4 is 0 Å². The summed E-state index contributed by atoms with van der Waals surface area (Å²) in [6, 6.07) is 0. The summed E-state index contributed by atoms with van der Waals surface area (Å²) in [6.07, 6.45) is -1.18. The van der Waals surface area contributed by atoms with Gasteiger partial charge >= 0.3 is 6.18 Å². The van der Waals surface area contributed by atoms with Gasteiger partial charge in [0, 0.05) is 25.1 Å². The number of alkyl halides is 3. The Balaban J connectivity index is 2.91. The molecule has 1 heterocycles. The Morgan fingerprint density at radius 1 is 1.45 bits per heavy atom. The van der Waals surface area contributed by atoms with Crippen LogP contribution in [0.25, 0.3) is 0 Å². The lowest BCUT2D eigenvalue weighted by Crippen LogP contribution is -2.24. The number of aliphatic hydroxyl groups excluding tert-OH is 1. The lowest BCUT2D eigenvalue weighted by Gasteiger charge is -2.20. The van der Waals surface area contributed by atoms with E-state index >= 15 is 0 Å². The molecule has 0 saturated heterocycles. The molecule has 0 radical (unpaired) electrons. The Hall–Kier alpha value is -1.67. The standard InChI is InChI=1S/C11H12ClF3N4O/c1-16-9(11(13,14)15)6-19(2-3-20)7-10-17-4-8(12)5-18-10/h4-6,20H,1-3,7H2/b9-6-. The molecule has 0 aliphatic carbocycles. The molecule has 9 heteroatoms. The minimum Gasteiger partial charge on any atom is -0.395 e. The normalized spacial score (nSPS) is 12.3. The minimum atomic E-state index is -4.61. The summed E-state index contributed by atoms with van der Waals surface area (Å²) in [4.78, 5) is 11.9. The summed E-state index contributed by atoms with van der Waals surface area (Å²) >= 11 is 5.61. The first-order valence-electron chi connectivity index (χ1n) is 5.44. The highest BCUT2D eigenvalue weighted by Gasteiger charge is 2.33. The molecule has 1 N–H and O–H groups in total. The number of aliphatic imine (C=N–C) groups is 1. The zero-order chi connectivity index (χ0) is 15.2. The second kappa shape index (κ2) is 7.20. The molecule has 0 aliphatic heterocycles. The Morgan fingerprint density at radius 2 is 2.05 bits per heavy atom. The van der Waals surface area contributed by atoms with Crippen LogP contribution in [0.15, 0.2) is 29.3 Å². The van der Waals surface area contributed by atoms with E-state index in [1.165, 1.54) is 17.3 Å². The van der Waals surface area contributed by atoms with Crippen LogP contribution in [0, 0.1) is 0 Å². The summed E-state index contributed by atoms with van der Waals surface area (Å²) in [5.41, 5.74) is -1.15. The Kier molecular flexibility index (Phi) is 5.90. The number of rotatable bonds is 6. The average Bonchev–Trinajstić information content (AvgIpc) is 2.37. The summed E-state index contributed by atoms with van der Waals surface area (Å²) in [5, 5.41) is 9.21. The second-order valence-corrected chi connectivity index (χ2v) is 4.12. The number of aliphatic hydroxyl groups is 1. The van der Waals surface area contributed by atoms with Gasteiger partial charge in [-0.15, -0.1) is 0 Å². The van der Waals surface area contributed by atoms with Crippen molar-refractivity contribution in [3.63, 3.8) is 0 Å². The van der Waals surface area contributed by atoms with Crippen LogP contribution in [0.5, 0.6) is 0 Å². The van der Waals surface area contributed by atoms with Crippen molar-refractivity contribution in [2.75, 3.05) is 13.2 Å². The van der Waals surface area contributed by atoms with Gasteiger partial charge in [0.2, 0.25) is 0 Å². The summed E-state index contributed by atoms with van der Waals surface area (Å²) in [5.74, 6) is 0.268. The maximum absolute atomic E-state index is 12.6. The predicted octanol–water partition coefficient (Wildman–Crippen LogP) is 2.03. The highest BCUT2D eigenvalue weighted by molar-refractivity contribution is 6.30. The molecule has 0 amide bonds. The maximum atomic E-state index is 12.6. The zero-order valence-electron chi connectivity index (χ0n) is 10.3. The fraction of sp³-hybridized carbons (Fsp3) is 0.364. The third kappa shape index (κ3) is 5.14. The molecule has 0 unspecified atom stereocenters. The van der Waals surface area contributed by atoms with E-state index in [2.05, 4.69) is 21.7 Å². The molecule has 0 bridgehead atoms. The number of hydrogen-bond donors (Lipinski definition) is 1. The van der Waals surface area contributed by atoms with Crippen LogP contribution in [0.3, 0.4) is 0 Å². The third-order valence-corrected chi connectivity index (χ3v) is 2.37. The third-order valence-electron chi connectivity index (χ3n) is 2.17. The minimum absolute atomic E-state index is 0.0210. The van der Waals surface area contributed by atoms with E-state index in [4.69, 9.17) is 16.7 Å². The van der Waals surface area contributed by atoms with Crippen molar-refractivity contribution in [2.45, 2.75) is 12.7 Å². The molecular weight excluding hydrogens is 297 g/mol. The van der Waals surface area contributed by atoms with E-state index < -0.39 is 11.9 Å². The van der Waals surface area contributed by atoms with Gasteiger partial charge in [-0.25, -0.2) is 9.97 Å². The SMILES string of the molecule is C=N/C(=C\N(CCO)Cc1ncc(Cl)cn1)C(F)(F)F. The Bertz CT molecular complexity index is 476. The van der Waals surface area contributed by atoms with Crippen molar-refractivity contribution in [3.8, 4) is 0 Å². The van der Waals surface area contributed by atoms with Crippen molar-refractivity contribution in [3.05, 3.63) is 35.1 Å². The van der Waals surface area contributed by atoms with Crippen molar-refractivity contribution >= 4 is 18.3 Å². The fourth-order valence-electron chi connectivity index (χ4n) is 1.30. The molecule has 110 valence electrons. The van der Waals surface area contributed by atoms with Gasteiger partial charge in [0.1, 0.15) is 5.82 Å². The Morgan fingerprint density at radius 3 is 2.50 bits per heavy atom. The average molecular weight is 309 g/mol. The topological polar surface area (TPSA) is 61.6 Å². The molecular formula is C11H12ClF3N4O. The molecule has 1 rings (SSSR count).